The van der Waals surface area contributed by atoms with Gasteiger partial charge < -0.3 is 18.2 Å². The second-order valence-electron chi connectivity index (χ2n) is 17.4. The molecule has 0 unspecified atom stereocenters. The number of hydrogen-bond donors (Lipinski definition) is 0. The normalized spacial score (nSPS) is 13.2. The molecule has 0 bridgehead atoms. The molecule has 298 valence electrons. The highest BCUT2D eigenvalue weighted by Gasteiger charge is 2.24. The molecule has 0 saturated heterocycles. The van der Waals surface area contributed by atoms with Crippen LogP contribution in [0.4, 0.5) is 0 Å². The van der Waals surface area contributed by atoms with Gasteiger partial charge >= 0.3 is 0 Å². The second-order valence-corrected chi connectivity index (χ2v) is 44.2. The van der Waals surface area contributed by atoms with Crippen molar-refractivity contribution < 1.29 is 51.9 Å². The Bertz CT molecular complexity index is 1970. The Morgan fingerprint density at radius 1 is 0.327 bits per heavy atom. The van der Waals surface area contributed by atoms with Crippen molar-refractivity contribution in [2.75, 3.05) is 107 Å². The Hall–Kier alpha value is -0.720. The van der Waals surface area contributed by atoms with E-state index in [1.165, 1.54) is 0 Å². The zero-order valence-corrected chi connectivity index (χ0v) is 39.6. The summed E-state index contributed by atoms with van der Waals surface area (Å²) < 4.78 is 141. The van der Waals surface area contributed by atoms with Crippen molar-refractivity contribution in [2.24, 2.45) is 0 Å². The lowest BCUT2D eigenvalue weighted by Crippen LogP contribution is -2.09. The van der Waals surface area contributed by atoms with Gasteiger partial charge in [-0.05, 0) is 22.9 Å². The highest BCUT2D eigenvalue weighted by atomic mass is 32.2. The van der Waals surface area contributed by atoms with Crippen LogP contribution in [0.1, 0.15) is 0 Å². The maximum Gasteiger partial charge on any atom is 0.125 e. The van der Waals surface area contributed by atoms with E-state index < -0.39 is 92.4 Å². The summed E-state index contributed by atoms with van der Waals surface area (Å²) in [6.45, 7) is 36.8. The van der Waals surface area contributed by atoms with Crippen molar-refractivity contribution in [1.82, 2.24) is 0 Å². The molecular weight excluding hydrogens is 829 g/mol. The zero-order chi connectivity index (χ0) is 42.0. The van der Waals surface area contributed by atoms with E-state index >= 15 is 0 Å². The van der Waals surface area contributed by atoms with Crippen LogP contribution in [0.15, 0.2) is 56.0 Å². The summed E-state index contributed by atoms with van der Waals surface area (Å²) >= 11 is 0. The molecule has 20 heteroatoms. The Morgan fingerprint density at radius 3 is 0.538 bits per heavy atom. The Balaban J connectivity index is 0.00000107. The summed E-state index contributed by atoms with van der Waals surface area (Å²) in [6.07, 6.45) is 0. The standard InChI is InChI=1S/C16H10O12S4.4C4H12P/c17-29(18,19)11-5-13(31(23,24)25)9-3-4-10-14(32(26,27)28)6-12(30(20,21)22)8-2-1-7(11)15(9)16(8)10;4*1-5(2,3)4/h1-6H,(H,17,18,19)(H,20,21,22)(H,23,24,25)(H,26,27,28);4*1-4H3/q;4*+1/p-4. The molecule has 0 aliphatic rings. The summed E-state index contributed by atoms with van der Waals surface area (Å²) in [5.41, 5.74) is 0. The van der Waals surface area contributed by atoms with E-state index in [1.807, 2.05) is 0 Å². The highest BCUT2D eigenvalue weighted by Crippen LogP contribution is 2.45. The average Bonchev–Trinajstić information content (AvgIpc) is 2.79. The van der Waals surface area contributed by atoms with Gasteiger partial charge in [-0.2, -0.15) is 0 Å². The lowest BCUT2D eigenvalue weighted by Gasteiger charge is -2.23. The van der Waals surface area contributed by atoms with Crippen LogP contribution in [0.25, 0.3) is 32.3 Å². The molecule has 0 radical (unpaired) electrons. The van der Waals surface area contributed by atoms with Gasteiger partial charge in [0.05, 0.1) is 19.6 Å². The third kappa shape index (κ3) is 19.2. The highest BCUT2D eigenvalue weighted by molar-refractivity contribution is 7.87. The molecule has 4 aromatic rings. The predicted molar refractivity (Wildman–Crippen MR) is 224 cm³/mol. The van der Waals surface area contributed by atoms with Gasteiger partial charge in [-0.1, -0.05) is 24.3 Å². The molecule has 52 heavy (non-hydrogen) atoms. The third-order valence-electron chi connectivity index (χ3n) is 4.82. The largest absolute Gasteiger partial charge is 0.744 e. The van der Waals surface area contributed by atoms with E-state index in [2.05, 4.69) is 107 Å². The van der Waals surface area contributed by atoms with Gasteiger partial charge in [-0.25, -0.2) is 33.7 Å². The van der Waals surface area contributed by atoms with E-state index in [4.69, 9.17) is 0 Å². The SMILES string of the molecule is C[P+](C)(C)C.C[P+](C)(C)C.C[P+](C)(C)C.C[P+](C)(C)C.O=S(=O)([O-])c1cc(S(=O)(=O)[O-])c2ccc3c(S(=O)(=O)[O-])cc(S(=O)(=O)[O-])c4ccc1c2c43. The summed E-state index contributed by atoms with van der Waals surface area (Å²) in [6, 6.07) is 4.27. The Kier molecular flexibility index (Phi) is 17.4. The smallest absolute Gasteiger partial charge is 0.125 e. The fourth-order valence-electron chi connectivity index (χ4n) is 3.69. The number of benzene rings is 4. The first-order valence-corrected chi connectivity index (χ1v) is 35.1. The lowest BCUT2D eigenvalue weighted by atomic mass is 9.94. The van der Waals surface area contributed by atoms with Crippen molar-refractivity contribution in [3.05, 3.63) is 36.4 Å². The minimum absolute atomic E-state index is 0.336. The Labute approximate surface area is 314 Å². The van der Waals surface area contributed by atoms with E-state index in [1.54, 1.807) is 0 Å². The van der Waals surface area contributed by atoms with Gasteiger partial charge in [0.15, 0.2) is 0 Å². The summed E-state index contributed by atoms with van der Waals surface area (Å²) in [5.74, 6) is 0. The van der Waals surface area contributed by atoms with E-state index in [0.717, 1.165) is 24.3 Å². The van der Waals surface area contributed by atoms with Gasteiger partial charge in [0, 0.05) is 157 Å². The molecule has 0 aliphatic heterocycles. The molecule has 0 aliphatic carbocycles. The van der Waals surface area contributed by atoms with E-state index in [9.17, 15) is 51.9 Å². The molecular formula is C32H54O12P4S4. The van der Waals surface area contributed by atoms with Crippen LogP contribution >= 0.6 is 29.0 Å². The fourth-order valence-corrected chi connectivity index (χ4v) is 6.65. The van der Waals surface area contributed by atoms with Crippen molar-refractivity contribution in [2.45, 2.75) is 19.6 Å². The van der Waals surface area contributed by atoms with Gasteiger partial charge in [-0.3, -0.25) is 0 Å². The van der Waals surface area contributed by atoms with Gasteiger partial charge in [0.2, 0.25) is 0 Å². The van der Waals surface area contributed by atoms with Crippen LogP contribution in [0.5, 0.6) is 0 Å². The van der Waals surface area contributed by atoms with Gasteiger partial charge in [0.25, 0.3) is 0 Å². The topological polar surface area (TPSA) is 229 Å². The molecule has 0 atom stereocenters. The van der Waals surface area contributed by atoms with Crippen LogP contribution in [0.3, 0.4) is 0 Å². The van der Waals surface area contributed by atoms with Gasteiger partial charge in [-0.15, -0.1) is 0 Å². The molecule has 0 spiro atoms. The van der Waals surface area contributed by atoms with Gasteiger partial charge in [0.1, 0.15) is 40.5 Å². The minimum atomic E-state index is -5.40. The molecule has 0 amide bonds. The van der Waals surface area contributed by atoms with Crippen LogP contribution in [-0.2, 0) is 40.5 Å². The lowest BCUT2D eigenvalue weighted by molar-refractivity contribution is 0.458. The maximum absolute atomic E-state index is 11.8. The summed E-state index contributed by atoms with van der Waals surface area (Å²) in [7, 11) is -23.2. The van der Waals surface area contributed by atoms with E-state index in [-0.39, 0.29) is 29.0 Å². The first-order chi connectivity index (χ1) is 22.4. The molecule has 4 rings (SSSR count). The number of rotatable bonds is 4. The third-order valence-corrected chi connectivity index (χ3v) is 8.33. The number of hydrogen-bond acceptors (Lipinski definition) is 12. The molecule has 0 fully saturated rings. The second kappa shape index (κ2) is 17.6. The zero-order valence-electron chi connectivity index (χ0n) is 32.8. The minimum Gasteiger partial charge on any atom is -0.744 e. The van der Waals surface area contributed by atoms with Crippen molar-refractivity contribution >= 4 is 102 Å². The quantitative estimate of drug-likeness (QED) is 0.125. The molecule has 4 aromatic carbocycles. The average molecular weight is 883 g/mol. The molecule has 0 aromatic heterocycles. The Morgan fingerprint density at radius 2 is 0.442 bits per heavy atom. The van der Waals surface area contributed by atoms with Crippen LogP contribution in [-0.4, -0.2) is 159 Å². The molecule has 0 heterocycles. The van der Waals surface area contributed by atoms with Crippen LogP contribution in [0, 0.1) is 0 Å². The fraction of sp³-hybridized carbons (Fsp3) is 0.500. The first kappa shape index (κ1) is 51.3. The molecule has 0 saturated carbocycles. The van der Waals surface area contributed by atoms with Crippen LogP contribution in [0.2, 0.25) is 0 Å². The monoisotopic (exact) mass is 882 g/mol. The molecule has 0 N–H and O–H groups in total. The van der Waals surface area contributed by atoms with Crippen molar-refractivity contribution in [3.8, 4) is 0 Å². The van der Waals surface area contributed by atoms with Crippen molar-refractivity contribution in [3.63, 3.8) is 0 Å². The van der Waals surface area contributed by atoms with Crippen molar-refractivity contribution in [1.29, 1.82) is 0 Å². The summed E-state index contributed by atoms with van der Waals surface area (Å²) in [5, 5.41) is -2.90. The maximum atomic E-state index is 11.8. The molecule has 12 nitrogen and oxygen atoms in total. The first-order valence-electron chi connectivity index (χ1n) is 15.2. The summed E-state index contributed by atoms with van der Waals surface area (Å²) in [4.78, 5) is -4.63. The van der Waals surface area contributed by atoms with E-state index in [0.29, 0.717) is 12.1 Å². The van der Waals surface area contributed by atoms with Crippen LogP contribution < -0.4 is 0 Å². The predicted octanol–water partition coefficient (Wildman–Crippen LogP) is 6.29.